The summed E-state index contributed by atoms with van der Waals surface area (Å²) in [6.45, 7) is 3.36. The van der Waals surface area contributed by atoms with Gasteiger partial charge >= 0.3 is 0 Å². The maximum absolute atomic E-state index is 13.8. The number of nitrogens with one attached hydrogen (secondary N) is 2. The molecule has 1 atom stereocenters. The van der Waals surface area contributed by atoms with Crippen LogP contribution in [0.15, 0.2) is 42.5 Å². The standard InChI is InChI=1S/C19H19F2N3O3/c1-10(2)16(24-18(26)15-13(20)4-3-5-14(15)21)19(27)23-12-8-6-11(7-9-12)17(22)25/h3-10,16H,1-2H3,(H2,22,25)(H,23,27)(H,24,26)/t16-/m0/s1. The molecule has 142 valence electrons. The molecule has 0 fully saturated rings. The minimum Gasteiger partial charge on any atom is -0.366 e. The van der Waals surface area contributed by atoms with Crippen LogP contribution < -0.4 is 16.4 Å². The molecule has 0 bridgehead atoms. The first-order valence-corrected chi connectivity index (χ1v) is 8.16. The number of primary amides is 1. The molecule has 4 N–H and O–H groups in total. The number of rotatable bonds is 6. The summed E-state index contributed by atoms with van der Waals surface area (Å²) in [7, 11) is 0. The highest BCUT2D eigenvalue weighted by atomic mass is 19.1. The number of anilines is 1. The van der Waals surface area contributed by atoms with Crippen LogP contribution in [0.1, 0.15) is 34.6 Å². The third-order valence-electron chi connectivity index (χ3n) is 3.86. The highest BCUT2D eigenvalue weighted by Crippen LogP contribution is 2.15. The maximum Gasteiger partial charge on any atom is 0.257 e. The van der Waals surface area contributed by atoms with E-state index in [0.717, 1.165) is 18.2 Å². The van der Waals surface area contributed by atoms with Gasteiger partial charge in [-0.25, -0.2) is 8.78 Å². The van der Waals surface area contributed by atoms with Gasteiger partial charge in [-0.2, -0.15) is 0 Å². The number of amides is 3. The number of carbonyl (C=O) groups excluding carboxylic acids is 3. The number of hydrogen-bond donors (Lipinski definition) is 3. The van der Waals surface area contributed by atoms with Crippen LogP contribution in [0.3, 0.4) is 0 Å². The molecular weight excluding hydrogens is 356 g/mol. The Morgan fingerprint density at radius 2 is 1.52 bits per heavy atom. The van der Waals surface area contributed by atoms with Gasteiger partial charge < -0.3 is 16.4 Å². The van der Waals surface area contributed by atoms with E-state index < -0.39 is 41.0 Å². The third kappa shape index (κ3) is 4.87. The molecule has 0 unspecified atom stereocenters. The van der Waals surface area contributed by atoms with Gasteiger partial charge in [-0.15, -0.1) is 0 Å². The van der Waals surface area contributed by atoms with Crippen LogP contribution in [0.25, 0.3) is 0 Å². The van der Waals surface area contributed by atoms with E-state index >= 15 is 0 Å². The second kappa shape index (κ2) is 8.39. The highest BCUT2D eigenvalue weighted by molar-refractivity contribution is 6.01. The molecule has 3 amide bonds. The molecule has 27 heavy (non-hydrogen) atoms. The van der Waals surface area contributed by atoms with Crippen molar-refractivity contribution in [2.24, 2.45) is 11.7 Å². The molecule has 0 spiro atoms. The van der Waals surface area contributed by atoms with Gasteiger partial charge in [0.25, 0.3) is 5.91 Å². The van der Waals surface area contributed by atoms with Gasteiger partial charge in [-0.05, 0) is 42.3 Å². The second-order valence-electron chi connectivity index (χ2n) is 6.22. The molecule has 0 aliphatic heterocycles. The van der Waals surface area contributed by atoms with Crippen LogP contribution in [-0.2, 0) is 4.79 Å². The molecule has 0 heterocycles. The zero-order valence-corrected chi connectivity index (χ0v) is 14.8. The first-order valence-electron chi connectivity index (χ1n) is 8.16. The second-order valence-corrected chi connectivity index (χ2v) is 6.22. The Hall–Kier alpha value is -3.29. The van der Waals surface area contributed by atoms with Crippen LogP contribution in [0, 0.1) is 17.6 Å². The number of benzene rings is 2. The molecule has 8 heteroatoms. The summed E-state index contributed by atoms with van der Waals surface area (Å²) < 4.78 is 27.5. The quantitative estimate of drug-likeness (QED) is 0.723. The minimum absolute atomic E-state index is 0.275. The smallest absolute Gasteiger partial charge is 0.257 e. The summed E-state index contributed by atoms with van der Waals surface area (Å²) in [5.74, 6) is -4.58. The van der Waals surface area contributed by atoms with Crippen molar-refractivity contribution in [1.29, 1.82) is 0 Å². The normalized spacial score (nSPS) is 11.7. The molecule has 0 saturated heterocycles. The van der Waals surface area contributed by atoms with E-state index in [4.69, 9.17) is 5.73 Å². The van der Waals surface area contributed by atoms with Gasteiger partial charge in [0.05, 0.1) is 0 Å². The Morgan fingerprint density at radius 1 is 0.963 bits per heavy atom. The van der Waals surface area contributed by atoms with Crippen molar-refractivity contribution in [2.45, 2.75) is 19.9 Å². The van der Waals surface area contributed by atoms with E-state index in [1.54, 1.807) is 13.8 Å². The van der Waals surface area contributed by atoms with Crippen LogP contribution in [0.4, 0.5) is 14.5 Å². The largest absolute Gasteiger partial charge is 0.366 e. The van der Waals surface area contributed by atoms with Crippen molar-refractivity contribution in [3.63, 3.8) is 0 Å². The zero-order chi connectivity index (χ0) is 20.1. The van der Waals surface area contributed by atoms with E-state index in [9.17, 15) is 23.2 Å². The van der Waals surface area contributed by atoms with Gasteiger partial charge in [-0.3, -0.25) is 14.4 Å². The van der Waals surface area contributed by atoms with Gasteiger partial charge in [-0.1, -0.05) is 19.9 Å². The SMILES string of the molecule is CC(C)[C@H](NC(=O)c1c(F)cccc1F)C(=O)Nc1ccc(C(N)=O)cc1. The number of carbonyl (C=O) groups is 3. The monoisotopic (exact) mass is 375 g/mol. The van der Waals surface area contributed by atoms with Crippen LogP contribution in [0.2, 0.25) is 0 Å². The molecule has 2 aromatic carbocycles. The Morgan fingerprint density at radius 3 is 2.00 bits per heavy atom. The average Bonchev–Trinajstić information content (AvgIpc) is 2.59. The fourth-order valence-electron chi connectivity index (χ4n) is 2.40. The Balaban J connectivity index is 2.15. The molecule has 0 radical (unpaired) electrons. The maximum atomic E-state index is 13.8. The predicted molar refractivity (Wildman–Crippen MR) is 96.0 cm³/mol. The summed E-state index contributed by atoms with van der Waals surface area (Å²) in [5.41, 5.74) is 5.06. The van der Waals surface area contributed by atoms with Crippen molar-refractivity contribution in [3.05, 3.63) is 65.2 Å². The van der Waals surface area contributed by atoms with Crippen LogP contribution >= 0.6 is 0 Å². The number of nitrogens with two attached hydrogens (primary N) is 1. The zero-order valence-electron chi connectivity index (χ0n) is 14.8. The van der Waals surface area contributed by atoms with E-state index in [0.29, 0.717) is 5.69 Å². The third-order valence-corrected chi connectivity index (χ3v) is 3.86. The van der Waals surface area contributed by atoms with Crippen molar-refractivity contribution in [3.8, 4) is 0 Å². The fourth-order valence-corrected chi connectivity index (χ4v) is 2.40. The summed E-state index contributed by atoms with van der Waals surface area (Å²) in [6, 6.07) is 7.87. The Kier molecular flexibility index (Phi) is 6.23. The minimum atomic E-state index is -1.03. The molecule has 2 rings (SSSR count). The first kappa shape index (κ1) is 20.0. The van der Waals surface area contributed by atoms with Crippen LogP contribution in [-0.4, -0.2) is 23.8 Å². The van der Waals surface area contributed by atoms with Gasteiger partial charge in [0.15, 0.2) is 0 Å². The lowest BCUT2D eigenvalue weighted by Gasteiger charge is -2.22. The van der Waals surface area contributed by atoms with Crippen molar-refractivity contribution in [2.75, 3.05) is 5.32 Å². The molecular formula is C19H19F2N3O3. The molecule has 6 nitrogen and oxygen atoms in total. The summed E-state index contributed by atoms with van der Waals surface area (Å²) in [4.78, 5) is 35.8. The Bertz CT molecular complexity index is 847. The summed E-state index contributed by atoms with van der Waals surface area (Å²) in [5, 5.41) is 4.94. The average molecular weight is 375 g/mol. The summed E-state index contributed by atoms with van der Waals surface area (Å²) in [6.07, 6.45) is 0. The molecule has 0 aromatic heterocycles. The fraction of sp³-hybridized carbons (Fsp3) is 0.211. The molecule has 0 aliphatic rings. The lowest BCUT2D eigenvalue weighted by Crippen LogP contribution is -2.47. The van der Waals surface area contributed by atoms with E-state index in [-0.39, 0.29) is 11.5 Å². The Labute approximate surface area is 154 Å². The lowest BCUT2D eigenvalue weighted by molar-refractivity contribution is -0.118. The van der Waals surface area contributed by atoms with E-state index in [2.05, 4.69) is 10.6 Å². The van der Waals surface area contributed by atoms with Crippen molar-refractivity contribution < 1.29 is 23.2 Å². The van der Waals surface area contributed by atoms with E-state index in [1.807, 2.05) is 0 Å². The molecule has 2 aromatic rings. The predicted octanol–water partition coefficient (Wildman–Crippen LogP) is 2.46. The molecule has 0 aliphatic carbocycles. The number of hydrogen-bond acceptors (Lipinski definition) is 3. The van der Waals surface area contributed by atoms with Gasteiger partial charge in [0, 0.05) is 11.3 Å². The van der Waals surface area contributed by atoms with Crippen LogP contribution in [0.5, 0.6) is 0 Å². The molecule has 0 saturated carbocycles. The van der Waals surface area contributed by atoms with Crippen molar-refractivity contribution in [1.82, 2.24) is 5.32 Å². The number of halogens is 2. The summed E-state index contributed by atoms with van der Waals surface area (Å²) >= 11 is 0. The lowest BCUT2D eigenvalue weighted by atomic mass is 10.0. The topological polar surface area (TPSA) is 101 Å². The highest BCUT2D eigenvalue weighted by Gasteiger charge is 2.27. The van der Waals surface area contributed by atoms with Gasteiger partial charge in [0.2, 0.25) is 11.8 Å². The first-order chi connectivity index (χ1) is 12.7. The van der Waals surface area contributed by atoms with E-state index in [1.165, 1.54) is 24.3 Å². The van der Waals surface area contributed by atoms with Gasteiger partial charge in [0.1, 0.15) is 23.2 Å². The van der Waals surface area contributed by atoms with Crippen molar-refractivity contribution >= 4 is 23.4 Å².